The molecule has 2 rings (SSSR count). The molecule has 1 fully saturated rings. The zero-order chi connectivity index (χ0) is 13.3. The Kier molecular flexibility index (Phi) is 3.72. The number of amides is 1. The molecule has 7 heteroatoms. The summed E-state index contributed by atoms with van der Waals surface area (Å²) in [5.74, 6) is -1.06. The van der Waals surface area contributed by atoms with Crippen LogP contribution in [0.2, 0.25) is 0 Å². The first kappa shape index (κ1) is 13.5. The largest absolute Gasteiger partial charge is 0.481 e. The van der Waals surface area contributed by atoms with Crippen LogP contribution in [-0.2, 0) is 4.79 Å². The summed E-state index contributed by atoms with van der Waals surface area (Å²) in [4.78, 5) is 26.7. The standard InChI is InChI=1S/C11H13BrN2O3S/c1-6-14-8(9(12)18-6)10(17)13-5-11(2-3-11)4-7(15)16/h2-5H2,1H3,(H,13,17)(H,15,16). The first-order chi connectivity index (χ1) is 8.42. The van der Waals surface area contributed by atoms with Crippen LogP contribution in [0.3, 0.4) is 0 Å². The van der Waals surface area contributed by atoms with E-state index in [1.807, 2.05) is 6.92 Å². The Bertz CT molecular complexity index is 496. The normalized spacial score (nSPS) is 16.3. The number of carboxylic acids is 1. The van der Waals surface area contributed by atoms with Crippen LogP contribution in [0.25, 0.3) is 0 Å². The van der Waals surface area contributed by atoms with E-state index < -0.39 is 5.97 Å². The molecule has 0 aliphatic heterocycles. The molecule has 0 atom stereocenters. The highest BCUT2D eigenvalue weighted by molar-refractivity contribution is 9.11. The molecule has 98 valence electrons. The van der Waals surface area contributed by atoms with Crippen LogP contribution >= 0.6 is 27.3 Å². The van der Waals surface area contributed by atoms with Gasteiger partial charge in [-0.15, -0.1) is 11.3 Å². The smallest absolute Gasteiger partial charge is 0.303 e. The zero-order valence-corrected chi connectivity index (χ0v) is 12.2. The van der Waals surface area contributed by atoms with Crippen LogP contribution in [0.15, 0.2) is 3.79 Å². The van der Waals surface area contributed by atoms with E-state index >= 15 is 0 Å². The van der Waals surface area contributed by atoms with Crippen molar-refractivity contribution in [3.8, 4) is 0 Å². The number of aryl methyl sites for hydroxylation is 1. The van der Waals surface area contributed by atoms with Gasteiger partial charge in [0.2, 0.25) is 0 Å². The molecule has 0 aromatic carbocycles. The number of halogens is 1. The summed E-state index contributed by atoms with van der Waals surface area (Å²) in [5, 5.41) is 12.4. The number of carbonyl (C=O) groups is 2. The maximum atomic E-state index is 11.9. The Morgan fingerprint density at radius 2 is 2.22 bits per heavy atom. The van der Waals surface area contributed by atoms with Crippen molar-refractivity contribution >= 4 is 39.1 Å². The van der Waals surface area contributed by atoms with Crippen molar-refractivity contribution < 1.29 is 14.7 Å². The van der Waals surface area contributed by atoms with Gasteiger partial charge in [-0.25, -0.2) is 4.98 Å². The van der Waals surface area contributed by atoms with Gasteiger partial charge in [-0.05, 0) is 41.1 Å². The highest BCUT2D eigenvalue weighted by Crippen LogP contribution is 2.48. The molecule has 18 heavy (non-hydrogen) atoms. The molecule has 0 spiro atoms. The summed E-state index contributed by atoms with van der Waals surface area (Å²) in [6.07, 6.45) is 1.83. The molecule has 1 aromatic heterocycles. The van der Waals surface area contributed by atoms with Gasteiger partial charge >= 0.3 is 5.97 Å². The SMILES string of the molecule is Cc1nc(C(=O)NCC2(CC(=O)O)CC2)c(Br)s1. The minimum Gasteiger partial charge on any atom is -0.481 e. The monoisotopic (exact) mass is 332 g/mol. The molecule has 1 aromatic rings. The van der Waals surface area contributed by atoms with Crippen LogP contribution in [0.1, 0.15) is 34.8 Å². The van der Waals surface area contributed by atoms with Crippen molar-refractivity contribution in [2.75, 3.05) is 6.54 Å². The van der Waals surface area contributed by atoms with Crippen molar-refractivity contribution in [3.63, 3.8) is 0 Å². The van der Waals surface area contributed by atoms with Crippen LogP contribution in [0.5, 0.6) is 0 Å². The second-order valence-corrected chi connectivity index (χ2v) is 7.13. The van der Waals surface area contributed by atoms with Gasteiger partial charge in [0.25, 0.3) is 5.91 Å². The molecule has 0 radical (unpaired) electrons. The number of aromatic nitrogens is 1. The third-order valence-electron chi connectivity index (χ3n) is 3.02. The maximum Gasteiger partial charge on any atom is 0.303 e. The summed E-state index contributed by atoms with van der Waals surface area (Å²) < 4.78 is 0.709. The van der Waals surface area contributed by atoms with E-state index in [1.165, 1.54) is 11.3 Å². The molecule has 0 bridgehead atoms. The Morgan fingerprint density at radius 1 is 1.56 bits per heavy atom. The molecule has 2 N–H and O–H groups in total. The van der Waals surface area contributed by atoms with E-state index in [0.29, 0.717) is 16.0 Å². The van der Waals surface area contributed by atoms with Gasteiger partial charge in [0.1, 0.15) is 3.79 Å². The summed E-state index contributed by atoms with van der Waals surface area (Å²) in [6.45, 7) is 2.24. The third-order valence-corrected chi connectivity index (χ3v) is 4.64. The molecular formula is C11H13BrN2O3S. The number of rotatable bonds is 5. The van der Waals surface area contributed by atoms with Crippen molar-refractivity contribution in [3.05, 3.63) is 14.5 Å². The maximum absolute atomic E-state index is 11.9. The van der Waals surface area contributed by atoms with E-state index in [-0.39, 0.29) is 17.7 Å². The van der Waals surface area contributed by atoms with E-state index in [0.717, 1.165) is 17.8 Å². The number of hydrogen-bond donors (Lipinski definition) is 2. The quantitative estimate of drug-likeness (QED) is 0.866. The van der Waals surface area contributed by atoms with Gasteiger partial charge in [0, 0.05) is 6.54 Å². The molecule has 1 heterocycles. The number of nitrogens with zero attached hydrogens (tertiary/aromatic N) is 1. The van der Waals surface area contributed by atoms with E-state index in [2.05, 4.69) is 26.2 Å². The predicted octanol–water partition coefficient (Wildman–Crippen LogP) is 2.20. The second kappa shape index (κ2) is 4.97. The molecule has 1 saturated carbocycles. The molecular weight excluding hydrogens is 320 g/mol. The molecule has 1 aliphatic carbocycles. The Morgan fingerprint density at radius 3 is 2.67 bits per heavy atom. The number of carbonyl (C=O) groups excluding carboxylic acids is 1. The third kappa shape index (κ3) is 3.08. The van der Waals surface area contributed by atoms with Gasteiger partial charge in [-0.3, -0.25) is 9.59 Å². The molecule has 0 unspecified atom stereocenters. The van der Waals surface area contributed by atoms with E-state index in [4.69, 9.17) is 5.11 Å². The van der Waals surface area contributed by atoms with Crippen LogP contribution in [-0.4, -0.2) is 28.5 Å². The fourth-order valence-corrected chi connectivity index (χ4v) is 3.41. The topological polar surface area (TPSA) is 79.3 Å². The number of aliphatic carboxylic acids is 1. The Balaban J connectivity index is 1.93. The van der Waals surface area contributed by atoms with Crippen LogP contribution < -0.4 is 5.32 Å². The van der Waals surface area contributed by atoms with Gasteiger partial charge < -0.3 is 10.4 Å². The Labute approximate surface area is 117 Å². The summed E-state index contributed by atoms with van der Waals surface area (Å²) >= 11 is 4.70. The lowest BCUT2D eigenvalue weighted by atomic mass is 10.0. The molecule has 1 amide bonds. The summed E-state index contributed by atoms with van der Waals surface area (Å²) in [5.41, 5.74) is 0.141. The van der Waals surface area contributed by atoms with Crippen LogP contribution in [0.4, 0.5) is 0 Å². The van der Waals surface area contributed by atoms with Gasteiger partial charge in [0.15, 0.2) is 5.69 Å². The lowest BCUT2D eigenvalue weighted by Crippen LogP contribution is -2.31. The van der Waals surface area contributed by atoms with Crippen molar-refractivity contribution in [2.45, 2.75) is 26.2 Å². The average Bonchev–Trinajstić information content (AvgIpc) is 2.93. The first-order valence-electron chi connectivity index (χ1n) is 5.55. The Hall–Kier alpha value is -0.950. The highest BCUT2D eigenvalue weighted by atomic mass is 79.9. The fourth-order valence-electron chi connectivity index (χ4n) is 1.81. The average molecular weight is 333 g/mol. The summed E-state index contributed by atoms with van der Waals surface area (Å²) in [6, 6.07) is 0. The van der Waals surface area contributed by atoms with E-state index in [1.54, 1.807) is 0 Å². The molecule has 1 aliphatic rings. The minimum atomic E-state index is -0.813. The van der Waals surface area contributed by atoms with Gasteiger partial charge in [-0.2, -0.15) is 0 Å². The minimum absolute atomic E-state index is 0.116. The van der Waals surface area contributed by atoms with Gasteiger partial charge in [0.05, 0.1) is 11.4 Å². The van der Waals surface area contributed by atoms with Crippen molar-refractivity contribution in [1.29, 1.82) is 0 Å². The highest BCUT2D eigenvalue weighted by Gasteiger charge is 2.44. The second-order valence-electron chi connectivity index (χ2n) is 4.61. The zero-order valence-electron chi connectivity index (χ0n) is 9.83. The van der Waals surface area contributed by atoms with Crippen molar-refractivity contribution in [1.82, 2.24) is 10.3 Å². The number of carboxylic acid groups (broad SMARTS) is 1. The van der Waals surface area contributed by atoms with E-state index in [9.17, 15) is 9.59 Å². The lowest BCUT2D eigenvalue weighted by Gasteiger charge is -2.12. The van der Waals surface area contributed by atoms with Gasteiger partial charge in [-0.1, -0.05) is 0 Å². The number of hydrogen-bond acceptors (Lipinski definition) is 4. The fraction of sp³-hybridized carbons (Fsp3) is 0.545. The number of thiazole rings is 1. The molecule has 5 nitrogen and oxygen atoms in total. The lowest BCUT2D eigenvalue weighted by molar-refractivity contribution is -0.138. The number of nitrogens with one attached hydrogen (secondary N) is 1. The first-order valence-corrected chi connectivity index (χ1v) is 7.16. The summed E-state index contributed by atoms with van der Waals surface area (Å²) in [7, 11) is 0. The molecule has 0 saturated heterocycles. The van der Waals surface area contributed by atoms with Crippen LogP contribution in [0, 0.1) is 12.3 Å². The predicted molar refractivity (Wildman–Crippen MR) is 70.8 cm³/mol. The van der Waals surface area contributed by atoms with Crippen molar-refractivity contribution in [2.24, 2.45) is 5.41 Å².